The second-order valence-corrected chi connectivity index (χ2v) is 8.53. The number of benzene rings is 1. The Labute approximate surface area is 187 Å². The van der Waals surface area contributed by atoms with Crippen molar-refractivity contribution in [3.63, 3.8) is 0 Å². The number of nitrogens with one attached hydrogen (secondary N) is 2. The zero-order chi connectivity index (χ0) is 22.8. The molecule has 170 valence electrons. The van der Waals surface area contributed by atoms with Crippen LogP contribution in [0.5, 0.6) is 5.88 Å². The van der Waals surface area contributed by atoms with Crippen LogP contribution in [0.3, 0.4) is 0 Å². The first kappa shape index (κ1) is 22.1. The highest BCUT2D eigenvalue weighted by Crippen LogP contribution is 2.35. The van der Waals surface area contributed by atoms with Gasteiger partial charge in [0.15, 0.2) is 11.3 Å². The van der Waals surface area contributed by atoms with Crippen LogP contribution in [0, 0.1) is 19.8 Å². The monoisotopic (exact) mass is 437 g/mol. The Morgan fingerprint density at radius 2 is 2.00 bits per heavy atom. The van der Waals surface area contributed by atoms with Gasteiger partial charge in [0, 0.05) is 59.7 Å². The lowest BCUT2D eigenvalue weighted by Crippen LogP contribution is -2.28. The summed E-state index contributed by atoms with van der Waals surface area (Å²) in [6.07, 6.45) is 2.04. The summed E-state index contributed by atoms with van der Waals surface area (Å²) < 4.78 is 13.0. The van der Waals surface area contributed by atoms with E-state index in [1.807, 2.05) is 25.1 Å². The maximum absolute atomic E-state index is 13.3. The van der Waals surface area contributed by atoms with Gasteiger partial charge >= 0.3 is 0 Å². The fourth-order valence-electron chi connectivity index (χ4n) is 4.89. The minimum Gasteiger partial charge on any atom is -0.482 e. The number of hydrogen-bond donors (Lipinski definition) is 2. The van der Waals surface area contributed by atoms with Gasteiger partial charge in [0.05, 0.1) is 12.7 Å². The smallest absolute Gasteiger partial charge is 0.254 e. The molecule has 2 N–H and O–H groups in total. The zero-order valence-corrected chi connectivity index (χ0v) is 19.2. The standard InChI is InChI=1S/C25H31N3O4/c1-15-20(22(29)13-23(27-15)31-4)14-26-25(30)24-17(3)28(21-8-6-5-7-19(21)24)16(2)18-9-11-32-12-10-18/h5-8,13,16,18H,9-12,14H2,1-4H3,(H,26,30)(H,27,29). The second-order valence-electron chi connectivity index (χ2n) is 8.53. The quantitative estimate of drug-likeness (QED) is 0.613. The zero-order valence-electron chi connectivity index (χ0n) is 19.2. The summed E-state index contributed by atoms with van der Waals surface area (Å²) in [6, 6.07) is 9.71. The number of methoxy groups -OCH3 is 1. The van der Waals surface area contributed by atoms with Crippen molar-refractivity contribution in [2.45, 2.75) is 46.2 Å². The lowest BCUT2D eigenvalue weighted by atomic mass is 9.92. The molecule has 0 spiro atoms. The molecule has 1 atom stereocenters. The number of ether oxygens (including phenoxy) is 2. The van der Waals surface area contributed by atoms with E-state index >= 15 is 0 Å². The number of hydrogen-bond acceptors (Lipinski definition) is 4. The van der Waals surface area contributed by atoms with E-state index < -0.39 is 0 Å². The number of carbonyl (C=O) groups is 1. The Bertz CT molecular complexity index is 1190. The molecule has 1 saturated heterocycles. The number of H-pyrrole nitrogens is 1. The third kappa shape index (κ3) is 4.05. The van der Waals surface area contributed by atoms with E-state index in [9.17, 15) is 9.59 Å². The van der Waals surface area contributed by atoms with E-state index in [2.05, 4.69) is 27.9 Å². The van der Waals surface area contributed by atoms with Gasteiger partial charge in [-0.3, -0.25) is 9.59 Å². The summed E-state index contributed by atoms with van der Waals surface area (Å²) in [5.74, 6) is 0.740. The molecule has 3 heterocycles. The molecule has 1 unspecified atom stereocenters. The topological polar surface area (TPSA) is 85.3 Å². The van der Waals surface area contributed by atoms with E-state index in [1.54, 1.807) is 6.92 Å². The van der Waals surface area contributed by atoms with Crippen LogP contribution in [0.4, 0.5) is 0 Å². The van der Waals surface area contributed by atoms with Crippen molar-refractivity contribution < 1.29 is 14.3 Å². The van der Waals surface area contributed by atoms with Crippen LogP contribution in [0.2, 0.25) is 0 Å². The minimum absolute atomic E-state index is 0.151. The summed E-state index contributed by atoms with van der Waals surface area (Å²) in [5.41, 5.74) is 3.72. The highest BCUT2D eigenvalue weighted by atomic mass is 16.5. The van der Waals surface area contributed by atoms with Crippen LogP contribution < -0.4 is 15.5 Å². The molecule has 1 amide bonds. The van der Waals surface area contributed by atoms with Crippen molar-refractivity contribution in [2.75, 3.05) is 20.3 Å². The van der Waals surface area contributed by atoms with Gasteiger partial charge in [-0.2, -0.15) is 0 Å². The molecular weight excluding hydrogens is 406 g/mol. The normalized spacial score (nSPS) is 15.6. The molecule has 7 heteroatoms. The predicted molar refractivity (Wildman–Crippen MR) is 124 cm³/mol. The molecule has 0 saturated carbocycles. The van der Waals surface area contributed by atoms with Gasteiger partial charge < -0.3 is 24.3 Å². The predicted octanol–water partition coefficient (Wildman–Crippen LogP) is 3.87. The molecule has 1 aromatic carbocycles. The largest absolute Gasteiger partial charge is 0.482 e. The van der Waals surface area contributed by atoms with Gasteiger partial charge in [0.25, 0.3) is 5.91 Å². The molecule has 2 aromatic heterocycles. The maximum atomic E-state index is 13.3. The Morgan fingerprint density at radius 3 is 2.69 bits per heavy atom. The average Bonchev–Trinajstić information content (AvgIpc) is 3.10. The lowest BCUT2D eigenvalue weighted by molar-refractivity contribution is 0.0517. The number of rotatable bonds is 6. The molecule has 0 radical (unpaired) electrons. The number of aromatic amines is 1. The highest BCUT2D eigenvalue weighted by molar-refractivity contribution is 6.08. The average molecular weight is 438 g/mol. The first-order valence-corrected chi connectivity index (χ1v) is 11.1. The number of pyridine rings is 1. The van der Waals surface area contributed by atoms with E-state index in [1.165, 1.54) is 13.2 Å². The van der Waals surface area contributed by atoms with E-state index in [0.29, 0.717) is 28.6 Å². The van der Waals surface area contributed by atoms with Gasteiger partial charge in [0.2, 0.25) is 0 Å². The molecular formula is C25H31N3O4. The Hall–Kier alpha value is -3.06. The first-order valence-electron chi connectivity index (χ1n) is 11.1. The number of nitrogens with zero attached hydrogens (tertiary/aromatic N) is 1. The van der Waals surface area contributed by atoms with Crippen molar-refractivity contribution in [3.8, 4) is 5.88 Å². The Kier molecular flexibility index (Phi) is 6.37. The molecule has 0 aliphatic carbocycles. The molecule has 1 fully saturated rings. The second kappa shape index (κ2) is 9.20. The number of amides is 1. The van der Waals surface area contributed by atoms with Gasteiger partial charge in [0.1, 0.15) is 0 Å². The fourth-order valence-corrected chi connectivity index (χ4v) is 4.89. The summed E-state index contributed by atoms with van der Waals surface area (Å²) in [5, 5.41) is 3.90. The third-order valence-electron chi connectivity index (χ3n) is 6.71. The SMILES string of the molecule is COc1cc(=O)c(CNC(=O)c2c(C)n(C(C)C3CCOCC3)c3ccccc23)c(C)[nH]1. The van der Waals surface area contributed by atoms with Crippen molar-refractivity contribution in [3.05, 3.63) is 63.1 Å². The van der Waals surface area contributed by atoms with Crippen LogP contribution in [-0.2, 0) is 11.3 Å². The van der Waals surface area contributed by atoms with E-state index in [4.69, 9.17) is 9.47 Å². The van der Waals surface area contributed by atoms with E-state index in [0.717, 1.165) is 42.7 Å². The van der Waals surface area contributed by atoms with Crippen LogP contribution in [0.15, 0.2) is 35.1 Å². The molecule has 4 rings (SSSR count). The number of carbonyl (C=O) groups excluding carboxylic acids is 1. The van der Waals surface area contributed by atoms with Crippen LogP contribution >= 0.6 is 0 Å². The summed E-state index contributed by atoms with van der Waals surface area (Å²) in [6.45, 7) is 7.77. The molecule has 3 aromatic rings. The van der Waals surface area contributed by atoms with Crippen molar-refractivity contribution >= 4 is 16.8 Å². The summed E-state index contributed by atoms with van der Waals surface area (Å²) in [4.78, 5) is 28.8. The fraction of sp³-hybridized carbons (Fsp3) is 0.440. The first-order chi connectivity index (χ1) is 15.4. The Morgan fingerprint density at radius 1 is 1.28 bits per heavy atom. The van der Waals surface area contributed by atoms with Crippen LogP contribution in [-0.4, -0.2) is 35.8 Å². The van der Waals surface area contributed by atoms with Gasteiger partial charge in [-0.05, 0) is 45.6 Å². The van der Waals surface area contributed by atoms with Gasteiger partial charge in [-0.25, -0.2) is 0 Å². The number of aryl methyl sites for hydroxylation is 1. The van der Waals surface area contributed by atoms with Crippen molar-refractivity contribution in [1.82, 2.24) is 14.9 Å². The van der Waals surface area contributed by atoms with E-state index in [-0.39, 0.29) is 23.9 Å². The Balaban J connectivity index is 1.65. The number of fused-ring (bicyclic) bond motifs is 1. The van der Waals surface area contributed by atoms with Crippen molar-refractivity contribution in [1.29, 1.82) is 0 Å². The summed E-state index contributed by atoms with van der Waals surface area (Å²) in [7, 11) is 1.51. The summed E-state index contributed by atoms with van der Waals surface area (Å²) >= 11 is 0. The third-order valence-corrected chi connectivity index (χ3v) is 6.71. The highest BCUT2D eigenvalue weighted by Gasteiger charge is 2.27. The lowest BCUT2D eigenvalue weighted by Gasteiger charge is -2.30. The molecule has 0 bridgehead atoms. The number of aromatic nitrogens is 2. The number of para-hydroxylation sites is 1. The molecule has 7 nitrogen and oxygen atoms in total. The van der Waals surface area contributed by atoms with Gasteiger partial charge in [-0.15, -0.1) is 0 Å². The molecule has 1 aliphatic heterocycles. The maximum Gasteiger partial charge on any atom is 0.254 e. The molecule has 1 aliphatic rings. The minimum atomic E-state index is -0.175. The van der Waals surface area contributed by atoms with Crippen molar-refractivity contribution in [2.24, 2.45) is 5.92 Å². The molecule has 32 heavy (non-hydrogen) atoms. The van der Waals surface area contributed by atoms with Crippen LogP contribution in [0.25, 0.3) is 10.9 Å². The van der Waals surface area contributed by atoms with Crippen LogP contribution in [0.1, 0.15) is 53.1 Å². The van der Waals surface area contributed by atoms with Gasteiger partial charge in [-0.1, -0.05) is 18.2 Å².